The van der Waals surface area contributed by atoms with Gasteiger partial charge in [-0.1, -0.05) is 48.9 Å². The molecule has 1 N–H and O–H groups in total. The minimum atomic E-state index is -0.703. The molecule has 5 heteroatoms. The van der Waals surface area contributed by atoms with Crippen molar-refractivity contribution in [1.29, 1.82) is 0 Å². The zero-order chi connectivity index (χ0) is 18.2. The third kappa shape index (κ3) is 5.54. The number of halogens is 1. The highest BCUT2D eigenvalue weighted by Gasteiger charge is 2.25. The highest BCUT2D eigenvalue weighted by molar-refractivity contribution is 6.30. The lowest BCUT2D eigenvalue weighted by atomic mass is 9.89. The minimum Gasteiger partial charge on any atom is -0.326 e. The second kappa shape index (κ2) is 9.14. The zero-order valence-electron chi connectivity index (χ0n) is 14.0. The SMILES string of the molecule is CCC(C(=O)CCC(=O)Nc1ccc(Cl)cc1)C(=O)c1ccccc1. The molecule has 2 aromatic carbocycles. The third-order valence-corrected chi connectivity index (χ3v) is 4.15. The zero-order valence-corrected chi connectivity index (χ0v) is 14.8. The predicted octanol–water partition coefficient (Wildman–Crippen LogP) is 4.54. The molecule has 2 rings (SSSR count). The number of carbonyl (C=O) groups excluding carboxylic acids is 3. The van der Waals surface area contributed by atoms with Crippen LogP contribution < -0.4 is 5.32 Å². The van der Waals surface area contributed by atoms with Gasteiger partial charge in [-0.25, -0.2) is 0 Å². The molecule has 25 heavy (non-hydrogen) atoms. The summed E-state index contributed by atoms with van der Waals surface area (Å²) in [6.07, 6.45) is 0.502. The lowest BCUT2D eigenvalue weighted by Crippen LogP contribution is -2.25. The summed E-state index contributed by atoms with van der Waals surface area (Å²) >= 11 is 5.79. The Morgan fingerprint density at radius 2 is 1.60 bits per heavy atom. The number of Topliss-reactive ketones (excluding diaryl/α,β-unsaturated/α-hetero) is 2. The van der Waals surface area contributed by atoms with Crippen molar-refractivity contribution in [2.75, 3.05) is 5.32 Å². The van der Waals surface area contributed by atoms with E-state index in [1.807, 2.05) is 6.07 Å². The van der Waals surface area contributed by atoms with E-state index in [0.717, 1.165) is 0 Å². The van der Waals surface area contributed by atoms with Gasteiger partial charge < -0.3 is 5.32 Å². The standard InChI is InChI=1S/C20H20ClNO3/c1-2-17(20(25)14-6-4-3-5-7-14)18(23)12-13-19(24)22-16-10-8-15(21)9-11-16/h3-11,17H,2,12-13H2,1H3,(H,22,24). The first-order chi connectivity index (χ1) is 12.0. The molecule has 0 aliphatic carbocycles. The number of amides is 1. The molecule has 0 fully saturated rings. The fourth-order valence-corrected chi connectivity index (χ4v) is 2.66. The van der Waals surface area contributed by atoms with Crippen LogP contribution in [-0.2, 0) is 9.59 Å². The largest absolute Gasteiger partial charge is 0.326 e. The molecule has 0 saturated heterocycles. The fraction of sp³-hybridized carbons (Fsp3) is 0.250. The molecule has 0 saturated carbocycles. The molecule has 0 aliphatic rings. The van der Waals surface area contributed by atoms with Crippen molar-refractivity contribution in [3.8, 4) is 0 Å². The van der Waals surface area contributed by atoms with Crippen LogP contribution in [0.5, 0.6) is 0 Å². The van der Waals surface area contributed by atoms with Gasteiger partial charge in [0.05, 0.1) is 5.92 Å². The molecule has 2 aromatic rings. The van der Waals surface area contributed by atoms with Gasteiger partial charge in [0.15, 0.2) is 5.78 Å². The molecular weight excluding hydrogens is 338 g/mol. The smallest absolute Gasteiger partial charge is 0.224 e. The van der Waals surface area contributed by atoms with Gasteiger partial charge in [0.1, 0.15) is 5.78 Å². The van der Waals surface area contributed by atoms with E-state index in [1.54, 1.807) is 55.5 Å². The van der Waals surface area contributed by atoms with Crippen LogP contribution in [0.4, 0.5) is 5.69 Å². The highest BCUT2D eigenvalue weighted by atomic mass is 35.5. The normalized spacial score (nSPS) is 11.6. The van der Waals surface area contributed by atoms with E-state index in [0.29, 0.717) is 22.7 Å². The number of rotatable bonds is 8. The van der Waals surface area contributed by atoms with Crippen molar-refractivity contribution in [1.82, 2.24) is 0 Å². The molecule has 0 aliphatic heterocycles. The van der Waals surface area contributed by atoms with E-state index in [2.05, 4.69) is 5.32 Å². The van der Waals surface area contributed by atoms with Crippen LogP contribution in [0.25, 0.3) is 0 Å². The molecule has 1 unspecified atom stereocenters. The average molecular weight is 358 g/mol. The molecule has 1 amide bonds. The van der Waals surface area contributed by atoms with Gasteiger partial charge in [0.25, 0.3) is 0 Å². The molecule has 0 radical (unpaired) electrons. The Labute approximate surface area is 152 Å². The van der Waals surface area contributed by atoms with Gasteiger partial charge in [-0.05, 0) is 30.7 Å². The summed E-state index contributed by atoms with van der Waals surface area (Å²) in [7, 11) is 0. The van der Waals surface area contributed by atoms with Crippen molar-refractivity contribution in [3.63, 3.8) is 0 Å². The van der Waals surface area contributed by atoms with Gasteiger partial charge in [-0.2, -0.15) is 0 Å². The second-order valence-electron chi connectivity index (χ2n) is 5.71. The van der Waals surface area contributed by atoms with Crippen LogP contribution in [0.3, 0.4) is 0 Å². The summed E-state index contributed by atoms with van der Waals surface area (Å²) < 4.78 is 0. The van der Waals surface area contributed by atoms with Crippen molar-refractivity contribution in [2.45, 2.75) is 26.2 Å². The molecule has 0 heterocycles. The highest BCUT2D eigenvalue weighted by Crippen LogP contribution is 2.17. The summed E-state index contributed by atoms with van der Waals surface area (Å²) in [5.74, 6) is -1.36. The first-order valence-electron chi connectivity index (χ1n) is 8.18. The summed E-state index contributed by atoms with van der Waals surface area (Å²) in [5.41, 5.74) is 1.14. The fourth-order valence-electron chi connectivity index (χ4n) is 2.53. The summed E-state index contributed by atoms with van der Waals surface area (Å²) in [6.45, 7) is 1.80. The minimum absolute atomic E-state index is 0.0382. The maximum Gasteiger partial charge on any atom is 0.224 e. The quantitative estimate of drug-likeness (QED) is 0.557. The molecule has 0 bridgehead atoms. The number of hydrogen-bond acceptors (Lipinski definition) is 3. The van der Waals surface area contributed by atoms with Crippen molar-refractivity contribution in [3.05, 3.63) is 65.2 Å². The van der Waals surface area contributed by atoms with Crippen molar-refractivity contribution < 1.29 is 14.4 Å². The Balaban J connectivity index is 1.90. The van der Waals surface area contributed by atoms with E-state index < -0.39 is 5.92 Å². The summed E-state index contributed by atoms with van der Waals surface area (Å²) in [6, 6.07) is 15.5. The maximum atomic E-state index is 12.5. The van der Waals surface area contributed by atoms with E-state index in [9.17, 15) is 14.4 Å². The molecule has 0 aromatic heterocycles. The number of anilines is 1. The van der Waals surface area contributed by atoms with Crippen molar-refractivity contribution >= 4 is 34.8 Å². The van der Waals surface area contributed by atoms with Gasteiger partial charge in [0.2, 0.25) is 5.91 Å². The van der Waals surface area contributed by atoms with Crippen LogP contribution in [0.2, 0.25) is 5.02 Å². The topological polar surface area (TPSA) is 63.2 Å². The molecule has 130 valence electrons. The lowest BCUT2D eigenvalue weighted by Gasteiger charge is -2.13. The van der Waals surface area contributed by atoms with E-state index in [4.69, 9.17) is 11.6 Å². The van der Waals surface area contributed by atoms with E-state index in [-0.39, 0.29) is 30.3 Å². The monoisotopic (exact) mass is 357 g/mol. The van der Waals surface area contributed by atoms with E-state index >= 15 is 0 Å². The lowest BCUT2D eigenvalue weighted by molar-refractivity contribution is -0.124. The third-order valence-electron chi connectivity index (χ3n) is 3.90. The van der Waals surface area contributed by atoms with Gasteiger partial charge in [0, 0.05) is 29.1 Å². The Morgan fingerprint density at radius 3 is 2.20 bits per heavy atom. The van der Waals surface area contributed by atoms with Crippen LogP contribution in [-0.4, -0.2) is 17.5 Å². The van der Waals surface area contributed by atoms with Crippen LogP contribution in [0, 0.1) is 5.92 Å². The maximum absolute atomic E-state index is 12.5. The summed E-state index contributed by atoms with van der Waals surface area (Å²) in [5, 5.41) is 3.29. The van der Waals surface area contributed by atoms with Crippen molar-refractivity contribution in [2.24, 2.45) is 5.92 Å². The van der Waals surface area contributed by atoms with Crippen LogP contribution in [0.15, 0.2) is 54.6 Å². The van der Waals surface area contributed by atoms with E-state index in [1.165, 1.54) is 0 Å². The number of carbonyl (C=O) groups is 3. The Bertz CT molecular complexity index is 741. The molecule has 1 atom stereocenters. The molecular formula is C20H20ClNO3. The Hall–Kier alpha value is -2.46. The average Bonchev–Trinajstić information content (AvgIpc) is 2.63. The van der Waals surface area contributed by atoms with Crippen LogP contribution >= 0.6 is 11.6 Å². The first kappa shape index (κ1) is 18.9. The first-order valence-corrected chi connectivity index (χ1v) is 8.56. The summed E-state index contributed by atoms with van der Waals surface area (Å²) in [4.78, 5) is 36.8. The number of nitrogens with one attached hydrogen (secondary N) is 1. The van der Waals surface area contributed by atoms with Gasteiger partial charge >= 0.3 is 0 Å². The second-order valence-corrected chi connectivity index (χ2v) is 6.15. The number of benzene rings is 2. The number of hydrogen-bond donors (Lipinski definition) is 1. The predicted molar refractivity (Wildman–Crippen MR) is 98.9 cm³/mol. The Morgan fingerprint density at radius 1 is 0.960 bits per heavy atom. The van der Waals surface area contributed by atoms with Gasteiger partial charge in [-0.3, -0.25) is 14.4 Å². The molecule has 0 spiro atoms. The van der Waals surface area contributed by atoms with Gasteiger partial charge in [-0.15, -0.1) is 0 Å². The Kier molecular flexibility index (Phi) is 6.90. The number of ketones is 2. The molecule has 4 nitrogen and oxygen atoms in total. The van der Waals surface area contributed by atoms with Crippen LogP contribution in [0.1, 0.15) is 36.5 Å².